The van der Waals surface area contributed by atoms with E-state index in [4.69, 9.17) is 0 Å². The number of likely N-dealkylation sites (N-methyl/N-ethyl adjacent to an activating group) is 1. The first-order valence-electron chi connectivity index (χ1n) is 7.61. The van der Waals surface area contributed by atoms with Crippen LogP contribution in [0.4, 0.5) is 0 Å². The molecule has 0 bridgehead atoms. The fourth-order valence-corrected chi connectivity index (χ4v) is 4.31. The number of nitrogens with one attached hydrogen (secondary N) is 1. The van der Waals surface area contributed by atoms with E-state index in [1.807, 2.05) is 0 Å². The minimum absolute atomic E-state index is 0.0762. The molecule has 0 aromatic carbocycles. The summed E-state index contributed by atoms with van der Waals surface area (Å²) in [6.07, 6.45) is 1.95. The molecule has 0 aromatic heterocycles. The minimum atomic E-state index is -3.53. The Morgan fingerprint density at radius 3 is 2.57 bits per heavy atom. The number of carbonyl (C=O) groups excluding carboxylic acids is 1. The summed E-state index contributed by atoms with van der Waals surface area (Å²) < 4.78 is 27.7. The molecule has 2 aliphatic heterocycles. The highest BCUT2D eigenvalue weighted by Crippen LogP contribution is 2.19. The van der Waals surface area contributed by atoms with Crippen molar-refractivity contribution in [1.29, 1.82) is 0 Å². The summed E-state index contributed by atoms with van der Waals surface area (Å²) in [5, 5.41) is 3.18. The first-order chi connectivity index (χ1) is 9.91. The van der Waals surface area contributed by atoms with Crippen molar-refractivity contribution >= 4 is 16.1 Å². The second-order valence-electron chi connectivity index (χ2n) is 6.00. The van der Waals surface area contributed by atoms with E-state index in [2.05, 4.69) is 12.2 Å². The molecule has 1 atom stereocenters. The lowest BCUT2D eigenvalue weighted by molar-refractivity contribution is -0.131. The van der Waals surface area contributed by atoms with E-state index < -0.39 is 10.2 Å². The van der Waals surface area contributed by atoms with Crippen molar-refractivity contribution in [2.75, 3.05) is 52.9 Å². The Kier molecular flexibility index (Phi) is 5.59. The molecule has 21 heavy (non-hydrogen) atoms. The van der Waals surface area contributed by atoms with Gasteiger partial charge < -0.3 is 10.2 Å². The summed E-state index contributed by atoms with van der Waals surface area (Å²) in [5.41, 5.74) is 0. The Balaban J connectivity index is 1.94. The molecule has 0 radical (unpaired) electrons. The van der Waals surface area contributed by atoms with Gasteiger partial charge >= 0.3 is 0 Å². The number of piperidine rings is 1. The normalized spacial score (nSPS) is 25.3. The minimum Gasteiger partial charge on any atom is -0.339 e. The molecule has 2 aliphatic rings. The molecule has 1 amide bonds. The SMILES string of the molecule is CC1CCCN(S(=O)(=O)N(C)CC(=O)N2CCNCC2)C1. The molecule has 0 spiro atoms. The van der Waals surface area contributed by atoms with E-state index in [0.29, 0.717) is 32.1 Å². The number of hydrogen-bond donors (Lipinski definition) is 1. The molecule has 1 unspecified atom stereocenters. The van der Waals surface area contributed by atoms with Gasteiger partial charge in [0.15, 0.2) is 0 Å². The lowest BCUT2D eigenvalue weighted by Gasteiger charge is -2.34. The van der Waals surface area contributed by atoms with Crippen LogP contribution in [0.3, 0.4) is 0 Å². The van der Waals surface area contributed by atoms with E-state index in [9.17, 15) is 13.2 Å². The number of piperazine rings is 1. The van der Waals surface area contributed by atoms with Crippen molar-refractivity contribution in [2.45, 2.75) is 19.8 Å². The number of amides is 1. The third-order valence-electron chi connectivity index (χ3n) is 4.17. The van der Waals surface area contributed by atoms with Crippen LogP contribution in [0.1, 0.15) is 19.8 Å². The summed E-state index contributed by atoms with van der Waals surface area (Å²) >= 11 is 0. The molecule has 7 nitrogen and oxygen atoms in total. The highest BCUT2D eigenvalue weighted by molar-refractivity contribution is 7.86. The van der Waals surface area contributed by atoms with Crippen molar-refractivity contribution in [1.82, 2.24) is 18.8 Å². The Labute approximate surface area is 127 Å². The summed E-state index contributed by atoms with van der Waals surface area (Å²) in [7, 11) is -2.03. The lowest BCUT2D eigenvalue weighted by Crippen LogP contribution is -2.52. The van der Waals surface area contributed by atoms with Crippen LogP contribution in [0.15, 0.2) is 0 Å². The Morgan fingerprint density at radius 2 is 1.95 bits per heavy atom. The number of hydrogen-bond acceptors (Lipinski definition) is 4. The van der Waals surface area contributed by atoms with Crippen LogP contribution in [-0.4, -0.2) is 80.7 Å². The van der Waals surface area contributed by atoms with Crippen molar-refractivity contribution in [3.05, 3.63) is 0 Å². The molecule has 2 rings (SSSR count). The molecule has 2 saturated heterocycles. The van der Waals surface area contributed by atoms with Crippen molar-refractivity contribution in [2.24, 2.45) is 5.92 Å². The van der Waals surface area contributed by atoms with Crippen LogP contribution in [-0.2, 0) is 15.0 Å². The highest BCUT2D eigenvalue weighted by atomic mass is 32.2. The zero-order valence-electron chi connectivity index (χ0n) is 12.9. The van der Waals surface area contributed by atoms with Crippen molar-refractivity contribution in [3.63, 3.8) is 0 Å². The maximum absolute atomic E-state index is 12.5. The predicted molar refractivity (Wildman–Crippen MR) is 81.0 cm³/mol. The van der Waals surface area contributed by atoms with Gasteiger partial charge in [0.05, 0.1) is 6.54 Å². The maximum atomic E-state index is 12.5. The lowest BCUT2D eigenvalue weighted by atomic mass is 10.0. The molecule has 2 fully saturated rings. The van der Waals surface area contributed by atoms with E-state index in [-0.39, 0.29) is 12.5 Å². The van der Waals surface area contributed by atoms with E-state index in [1.165, 1.54) is 15.7 Å². The van der Waals surface area contributed by atoms with Gasteiger partial charge in [-0.3, -0.25) is 4.79 Å². The molecular formula is C13H26N4O3S. The molecule has 8 heteroatoms. The average Bonchev–Trinajstić information content (AvgIpc) is 2.48. The van der Waals surface area contributed by atoms with Gasteiger partial charge in [0.25, 0.3) is 10.2 Å². The first kappa shape index (κ1) is 16.7. The van der Waals surface area contributed by atoms with E-state index in [1.54, 1.807) is 4.90 Å². The van der Waals surface area contributed by atoms with Gasteiger partial charge in [-0.2, -0.15) is 17.0 Å². The fourth-order valence-electron chi connectivity index (χ4n) is 2.84. The molecular weight excluding hydrogens is 292 g/mol. The molecule has 1 N–H and O–H groups in total. The van der Waals surface area contributed by atoms with Gasteiger partial charge in [-0.15, -0.1) is 0 Å². The summed E-state index contributed by atoms with van der Waals surface area (Å²) in [5.74, 6) is 0.262. The number of rotatable bonds is 4. The maximum Gasteiger partial charge on any atom is 0.282 e. The largest absolute Gasteiger partial charge is 0.339 e. The zero-order chi connectivity index (χ0) is 15.5. The highest BCUT2D eigenvalue weighted by Gasteiger charge is 2.32. The smallest absolute Gasteiger partial charge is 0.282 e. The second-order valence-corrected chi connectivity index (χ2v) is 8.04. The molecule has 0 aromatic rings. The van der Waals surface area contributed by atoms with E-state index in [0.717, 1.165) is 25.9 Å². The molecule has 122 valence electrons. The van der Waals surface area contributed by atoms with Gasteiger partial charge in [0.2, 0.25) is 5.91 Å². The number of nitrogens with zero attached hydrogens (tertiary/aromatic N) is 3. The topological polar surface area (TPSA) is 73.0 Å². The zero-order valence-corrected chi connectivity index (χ0v) is 13.7. The van der Waals surface area contributed by atoms with Gasteiger partial charge in [0.1, 0.15) is 0 Å². The van der Waals surface area contributed by atoms with Crippen LogP contribution >= 0.6 is 0 Å². The molecule has 0 saturated carbocycles. The second kappa shape index (κ2) is 7.04. The monoisotopic (exact) mass is 318 g/mol. The van der Waals surface area contributed by atoms with Crippen LogP contribution in [0.25, 0.3) is 0 Å². The van der Waals surface area contributed by atoms with Gasteiger partial charge in [-0.05, 0) is 18.8 Å². The standard InChI is InChI=1S/C13H26N4O3S/c1-12-4-3-7-17(10-12)21(19,20)15(2)11-13(18)16-8-5-14-6-9-16/h12,14H,3-11H2,1-2H3. The Morgan fingerprint density at radius 1 is 1.29 bits per heavy atom. The molecule has 2 heterocycles. The first-order valence-corrected chi connectivity index (χ1v) is 9.01. The summed E-state index contributed by atoms with van der Waals surface area (Å²) in [6, 6.07) is 0. The summed E-state index contributed by atoms with van der Waals surface area (Å²) in [4.78, 5) is 13.9. The van der Waals surface area contributed by atoms with Gasteiger partial charge in [-0.1, -0.05) is 6.92 Å². The van der Waals surface area contributed by atoms with Crippen LogP contribution in [0, 0.1) is 5.92 Å². The van der Waals surface area contributed by atoms with Crippen LogP contribution in [0.2, 0.25) is 0 Å². The quantitative estimate of drug-likeness (QED) is 0.746. The third kappa shape index (κ3) is 4.15. The number of carbonyl (C=O) groups is 1. The Hall–Kier alpha value is -0.700. The third-order valence-corrected chi connectivity index (χ3v) is 6.07. The fraction of sp³-hybridized carbons (Fsp3) is 0.923. The van der Waals surface area contributed by atoms with Gasteiger partial charge in [0, 0.05) is 46.3 Å². The van der Waals surface area contributed by atoms with Gasteiger partial charge in [-0.25, -0.2) is 0 Å². The van der Waals surface area contributed by atoms with Crippen molar-refractivity contribution in [3.8, 4) is 0 Å². The average molecular weight is 318 g/mol. The van der Waals surface area contributed by atoms with Crippen molar-refractivity contribution < 1.29 is 13.2 Å². The Bertz CT molecular complexity index is 462. The van der Waals surface area contributed by atoms with Crippen LogP contribution < -0.4 is 5.32 Å². The van der Waals surface area contributed by atoms with Crippen LogP contribution in [0.5, 0.6) is 0 Å². The molecule has 0 aliphatic carbocycles. The summed E-state index contributed by atoms with van der Waals surface area (Å²) in [6.45, 7) is 5.92. The van der Waals surface area contributed by atoms with E-state index >= 15 is 0 Å². The predicted octanol–water partition coefficient (Wildman–Crippen LogP) is -0.673.